The second-order valence-corrected chi connectivity index (χ2v) is 6.91. The summed E-state index contributed by atoms with van der Waals surface area (Å²) in [5.41, 5.74) is 0.313. The molecule has 2 aliphatic rings. The fourth-order valence-electron chi connectivity index (χ4n) is 3.14. The zero-order chi connectivity index (χ0) is 14.0. The Labute approximate surface area is 115 Å². The van der Waals surface area contributed by atoms with E-state index in [1.807, 2.05) is 13.8 Å². The monoisotopic (exact) mass is 263 g/mol. The van der Waals surface area contributed by atoms with Crippen LogP contribution in [0, 0.1) is 11.3 Å². The summed E-state index contributed by atoms with van der Waals surface area (Å²) in [5.74, 6) is 0.831. The second-order valence-electron chi connectivity index (χ2n) is 6.91. The summed E-state index contributed by atoms with van der Waals surface area (Å²) in [6.45, 7) is 6.25. The Hall–Kier alpha value is -1.12. The number of Topliss-reactive ketones (excluding diaryl/α,β-unsaturated/α-hetero) is 1. The summed E-state index contributed by atoms with van der Waals surface area (Å²) in [7, 11) is 0. The van der Waals surface area contributed by atoms with E-state index in [-0.39, 0.29) is 17.0 Å². The topological polar surface area (TPSA) is 49.7 Å². The van der Waals surface area contributed by atoms with Crippen LogP contribution in [0.4, 0.5) is 0 Å². The van der Waals surface area contributed by atoms with Gasteiger partial charge in [-0.15, -0.1) is 0 Å². The summed E-state index contributed by atoms with van der Waals surface area (Å²) in [6.07, 6.45) is 7.53. The molecule has 19 heavy (non-hydrogen) atoms. The molecule has 0 aliphatic heterocycles. The Morgan fingerprint density at radius 3 is 2.58 bits per heavy atom. The molecule has 0 spiro atoms. The second kappa shape index (κ2) is 5.48. The first-order valence-electron chi connectivity index (χ1n) is 7.37. The van der Waals surface area contributed by atoms with Gasteiger partial charge in [-0.1, -0.05) is 33.6 Å². The number of aliphatic hydroxyl groups excluding tert-OH is 1. The molecule has 0 aromatic carbocycles. The number of aliphatic imine (C=N–C) groups is 1. The van der Waals surface area contributed by atoms with E-state index >= 15 is 0 Å². The van der Waals surface area contributed by atoms with Crippen molar-refractivity contribution >= 4 is 12.0 Å². The summed E-state index contributed by atoms with van der Waals surface area (Å²) in [5, 5.41) is 10.0. The Morgan fingerprint density at radius 2 is 1.95 bits per heavy atom. The molecule has 0 bridgehead atoms. The Kier molecular flexibility index (Phi) is 4.12. The molecule has 0 aromatic heterocycles. The standard InChI is InChI=1S/C16H25NO2/c1-11-6-4-5-7-13(11)17-10-12-14(18)8-16(2,3)9-15(12)19/h10-11,13,18H,4-9H2,1-3H3/t11-,13+/m0/s1. The van der Waals surface area contributed by atoms with Crippen molar-refractivity contribution in [3.8, 4) is 0 Å². The molecule has 0 radical (unpaired) electrons. The summed E-state index contributed by atoms with van der Waals surface area (Å²) < 4.78 is 0. The summed E-state index contributed by atoms with van der Waals surface area (Å²) in [6, 6.07) is 0.316. The predicted molar refractivity (Wildman–Crippen MR) is 77.6 cm³/mol. The van der Waals surface area contributed by atoms with Crippen molar-refractivity contribution in [1.82, 2.24) is 0 Å². The maximum Gasteiger partial charge on any atom is 0.168 e. The molecule has 106 valence electrons. The highest BCUT2D eigenvalue weighted by atomic mass is 16.3. The number of nitrogens with zero attached hydrogens (tertiary/aromatic N) is 1. The lowest BCUT2D eigenvalue weighted by Crippen LogP contribution is -2.27. The first kappa shape index (κ1) is 14.3. The molecule has 1 N–H and O–H groups in total. The Balaban J connectivity index is 2.11. The van der Waals surface area contributed by atoms with Crippen molar-refractivity contribution in [3.05, 3.63) is 11.3 Å². The number of aliphatic hydroxyl groups is 1. The lowest BCUT2D eigenvalue weighted by atomic mass is 9.77. The fraction of sp³-hybridized carbons (Fsp3) is 0.750. The first-order chi connectivity index (χ1) is 8.89. The molecule has 0 saturated heterocycles. The molecule has 1 fully saturated rings. The zero-order valence-electron chi connectivity index (χ0n) is 12.3. The van der Waals surface area contributed by atoms with Gasteiger partial charge in [-0.3, -0.25) is 9.79 Å². The first-order valence-corrected chi connectivity index (χ1v) is 7.37. The maximum atomic E-state index is 12.1. The van der Waals surface area contributed by atoms with E-state index in [9.17, 15) is 9.90 Å². The van der Waals surface area contributed by atoms with Gasteiger partial charge >= 0.3 is 0 Å². The van der Waals surface area contributed by atoms with Crippen LogP contribution >= 0.6 is 0 Å². The van der Waals surface area contributed by atoms with Gasteiger partial charge in [0, 0.05) is 19.1 Å². The van der Waals surface area contributed by atoms with Gasteiger partial charge < -0.3 is 5.11 Å². The van der Waals surface area contributed by atoms with Gasteiger partial charge in [-0.25, -0.2) is 0 Å². The number of ketones is 1. The summed E-state index contributed by atoms with van der Waals surface area (Å²) in [4.78, 5) is 16.6. The van der Waals surface area contributed by atoms with Crippen LogP contribution < -0.4 is 0 Å². The Morgan fingerprint density at radius 1 is 1.26 bits per heavy atom. The van der Waals surface area contributed by atoms with Crippen LogP contribution in [0.25, 0.3) is 0 Å². The number of hydrogen-bond acceptors (Lipinski definition) is 3. The number of carbonyl (C=O) groups excluding carboxylic acids is 1. The normalized spacial score (nSPS) is 32.1. The van der Waals surface area contributed by atoms with Crippen LogP contribution in [0.5, 0.6) is 0 Å². The van der Waals surface area contributed by atoms with E-state index < -0.39 is 0 Å². The molecule has 2 aliphatic carbocycles. The van der Waals surface area contributed by atoms with Crippen LogP contribution in [0.15, 0.2) is 16.3 Å². The number of allylic oxidation sites excluding steroid dienone is 2. The number of carbonyl (C=O) groups is 1. The molecule has 1 saturated carbocycles. The molecular formula is C16H25NO2. The minimum atomic E-state index is -0.128. The molecule has 0 aromatic rings. The molecular weight excluding hydrogens is 238 g/mol. The van der Waals surface area contributed by atoms with E-state index in [4.69, 9.17) is 0 Å². The molecule has 0 unspecified atom stereocenters. The minimum Gasteiger partial charge on any atom is -0.511 e. The number of hydrogen-bond donors (Lipinski definition) is 1. The third-order valence-corrected chi connectivity index (χ3v) is 4.36. The molecule has 2 atom stereocenters. The van der Waals surface area contributed by atoms with Crippen molar-refractivity contribution < 1.29 is 9.90 Å². The van der Waals surface area contributed by atoms with Crippen LogP contribution in [-0.2, 0) is 4.79 Å². The molecule has 0 amide bonds. The van der Waals surface area contributed by atoms with Crippen molar-refractivity contribution in [2.75, 3.05) is 0 Å². The maximum absolute atomic E-state index is 12.1. The van der Waals surface area contributed by atoms with E-state index in [1.165, 1.54) is 19.3 Å². The third-order valence-electron chi connectivity index (χ3n) is 4.36. The third kappa shape index (κ3) is 3.46. The van der Waals surface area contributed by atoms with Crippen LogP contribution in [-0.4, -0.2) is 23.1 Å². The average Bonchev–Trinajstić information content (AvgIpc) is 2.28. The van der Waals surface area contributed by atoms with Crippen molar-refractivity contribution in [2.24, 2.45) is 16.3 Å². The fourth-order valence-corrected chi connectivity index (χ4v) is 3.14. The minimum absolute atomic E-state index is 0.0287. The van der Waals surface area contributed by atoms with Crippen LogP contribution in [0.1, 0.15) is 59.3 Å². The highest BCUT2D eigenvalue weighted by Crippen LogP contribution is 2.35. The van der Waals surface area contributed by atoms with E-state index in [2.05, 4.69) is 11.9 Å². The van der Waals surface area contributed by atoms with Crippen LogP contribution in [0.3, 0.4) is 0 Å². The molecule has 0 heterocycles. The molecule has 2 rings (SSSR count). The number of rotatable bonds is 2. The van der Waals surface area contributed by atoms with E-state index in [0.29, 0.717) is 30.4 Å². The highest BCUT2D eigenvalue weighted by molar-refractivity contribution is 6.14. The van der Waals surface area contributed by atoms with Gasteiger partial charge in [0.2, 0.25) is 0 Å². The van der Waals surface area contributed by atoms with Gasteiger partial charge in [-0.2, -0.15) is 0 Å². The Bertz CT molecular complexity index is 420. The van der Waals surface area contributed by atoms with E-state index in [1.54, 1.807) is 6.21 Å². The lowest BCUT2D eigenvalue weighted by Gasteiger charge is -2.29. The molecule has 3 nitrogen and oxygen atoms in total. The zero-order valence-corrected chi connectivity index (χ0v) is 12.3. The molecule has 3 heteroatoms. The largest absolute Gasteiger partial charge is 0.511 e. The van der Waals surface area contributed by atoms with Crippen molar-refractivity contribution in [2.45, 2.75) is 65.3 Å². The quantitative estimate of drug-likeness (QED) is 0.770. The SMILES string of the molecule is C[C@H]1CCCC[C@H]1N=CC1=C(O)CC(C)(C)CC1=O. The van der Waals surface area contributed by atoms with Crippen molar-refractivity contribution in [3.63, 3.8) is 0 Å². The summed E-state index contributed by atoms with van der Waals surface area (Å²) >= 11 is 0. The van der Waals surface area contributed by atoms with Crippen LogP contribution in [0.2, 0.25) is 0 Å². The van der Waals surface area contributed by atoms with Gasteiger partial charge in [0.15, 0.2) is 5.78 Å². The average molecular weight is 263 g/mol. The van der Waals surface area contributed by atoms with Gasteiger partial charge in [-0.05, 0) is 24.2 Å². The van der Waals surface area contributed by atoms with Gasteiger partial charge in [0.1, 0.15) is 5.76 Å². The van der Waals surface area contributed by atoms with Gasteiger partial charge in [0.05, 0.1) is 11.6 Å². The van der Waals surface area contributed by atoms with E-state index in [0.717, 1.165) is 6.42 Å². The van der Waals surface area contributed by atoms with Gasteiger partial charge in [0.25, 0.3) is 0 Å². The highest BCUT2D eigenvalue weighted by Gasteiger charge is 2.32. The van der Waals surface area contributed by atoms with Crippen molar-refractivity contribution in [1.29, 1.82) is 0 Å². The predicted octanol–water partition coefficient (Wildman–Crippen LogP) is 3.84. The lowest BCUT2D eigenvalue weighted by molar-refractivity contribution is -0.117. The smallest absolute Gasteiger partial charge is 0.168 e.